The Bertz CT molecular complexity index is 1080. The van der Waals surface area contributed by atoms with Crippen molar-refractivity contribution in [2.45, 2.75) is 25.3 Å². The molecule has 1 aromatic carbocycles. The second kappa shape index (κ2) is 9.82. The monoisotopic (exact) mass is 436 g/mol. The van der Waals surface area contributed by atoms with Gasteiger partial charge in [0.1, 0.15) is 5.82 Å². The molecule has 4 rings (SSSR count). The van der Waals surface area contributed by atoms with Crippen LogP contribution in [0.15, 0.2) is 47.5 Å². The maximum Gasteiger partial charge on any atom is 0.251 e. The Balaban J connectivity index is 1.45. The van der Waals surface area contributed by atoms with E-state index in [1.54, 1.807) is 33.7 Å². The van der Waals surface area contributed by atoms with Gasteiger partial charge in [0.25, 0.3) is 5.56 Å². The fourth-order valence-corrected chi connectivity index (χ4v) is 4.18. The number of nitrogens with one attached hydrogen (secondary N) is 1. The first-order chi connectivity index (χ1) is 15.6. The van der Waals surface area contributed by atoms with Crippen LogP contribution in [-0.4, -0.2) is 54.3 Å². The summed E-state index contributed by atoms with van der Waals surface area (Å²) in [6, 6.07) is 9.27. The molecule has 0 amide bonds. The number of aromatic nitrogens is 3. The Hall–Kier alpha value is -3.39. The molecule has 1 aliphatic rings. The first kappa shape index (κ1) is 21.8. The number of H-pyrrole nitrogens is 1. The van der Waals surface area contributed by atoms with Crippen LogP contribution < -0.4 is 19.8 Å². The first-order valence-electron chi connectivity index (χ1n) is 10.6. The Morgan fingerprint density at radius 1 is 1.06 bits per heavy atom. The summed E-state index contributed by atoms with van der Waals surface area (Å²) < 4.78 is 16.4. The summed E-state index contributed by atoms with van der Waals surface area (Å²) in [6.07, 6.45) is 5.28. The van der Waals surface area contributed by atoms with Gasteiger partial charge in [-0.25, -0.2) is 4.98 Å². The van der Waals surface area contributed by atoms with Crippen LogP contribution in [0.4, 0.5) is 0 Å². The van der Waals surface area contributed by atoms with Crippen LogP contribution in [0.25, 0.3) is 11.3 Å². The van der Waals surface area contributed by atoms with Crippen molar-refractivity contribution in [2.75, 3.05) is 34.4 Å². The van der Waals surface area contributed by atoms with Gasteiger partial charge < -0.3 is 19.2 Å². The van der Waals surface area contributed by atoms with Crippen molar-refractivity contribution in [1.82, 2.24) is 19.9 Å². The molecule has 0 aliphatic carbocycles. The molecule has 0 saturated carbocycles. The zero-order valence-electron chi connectivity index (χ0n) is 18.6. The fraction of sp³-hybridized carbons (Fsp3) is 0.375. The second-order valence-electron chi connectivity index (χ2n) is 7.84. The van der Waals surface area contributed by atoms with E-state index in [2.05, 4.69) is 14.9 Å². The van der Waals surface area contributed by atoms with Gasteiger partial charge in [-0.05, 0) is 55.8 Å². The van der Waals surface area contributed by atoms with Crippen molar-refractivity contribution in [1.29, 1.82) is 0 Å². The number of likely N-dealkylation sites (tertiary alicyclic amines) is 1. The van der Waals surface area contributed by atoms with E-state index in [4.69, 9.17) is 19.2 Å². The zero-order chi connectivity index (χ0) is 22.5. The van der Waals surface area contributed by atoms with Crippen molar-refractivity contribution < 1.29 is 14.2 Å². The Morgan fingerprint density at radius 2 is 1.78 bits per heavy atom. The molecule has 1 aliphatic heterocycles. The first-order valence-corrected chi connectivity index (χ1v) is 10.6. The van der Waals surface area contributed by atoms with E-state index in [0.717, 1.165) is 49.4 Å². The molecule has 8 heteroatoms. The molecular weight excluding hydrogens is 408 g/mol. The highest BCUT2D eigenvalue weighted by atomic mass is 16.5. The smallest absolute Gasteiger partial charge is 0.251 e. The van der Waals surface area contributed by atoms with Crippen LogP contribution in [0.3, 0.4) is 0 Å². The summed E-state index contributed by atoms with van der Waals surface area (Å²) in [5, 5.41) is 0. The van der Waals surface area contributed by atoms with Crippen molar-refractivity contribution in [3.8, 4) is 28.5 Å². The third-order valence-corrected chi connectivity index (χ3v) is 5.82. The molecular formula is C24H28N4O4. The maximum atomic E-state index is 12.2. The average molecular weight is 437 g/mol. The summed E-state index contributed by atoms with van der Waals surface area (Å²) in [6.45, 7) is 2.59. The van der Waals surface area contributed by atoms with E-state index in [0.29, 0.717) is 22.9 Å². The van der Waals surface area contributed by atoms with Gasteiger partial charge in [0.2, 0.25) is 5.75 Å². The van der Waals surface area contributed by atoms with E-state index >= 15 is 0 Å². The largest absolute Gasteiger partial charge is 0.493 e. The van der Waals surface area contributed by atoms with E-state index in [1.165, 1.54) is 6.07 Å². The summed E-state index contributed by atoms with van der Waals surface area (Å²) in [5.41, 5.74) is 2.48. The number of methoxy groups -OCH3 is 3. The van der Waals surface area contributed by atoms with Gasteiger partial charge in [0.05, 0.1) is 27.0 Å². The molecule has 2 aromatic heterocycles. The van der Waals surface area contributed by atoms with E-state index in [9.17, 15) is 4.79 Å². The fourth-order valence-electron chi connectivity index (χ4n) is 4.18. The van der Waals surface area contributed by atoms with E-state index < -0.39 is 0 Å². The number of hydrogen-bond donors (Lipinski definition) is 1. The molecule has 0 spiro atoms. The Labute approximate surface area is 187 Å². The minimum absolute atomic E-state index is 0.131. The number of nitrogens with zero attached hydrogens (tertiary/aromatic N) is 3. The summed E-state index contributed by atoms with van der Waals surface area (Å²) in [4.78, 5) is 26.4. The standard InChI is InChI=1S/C24H28N4O4/c1-30-20-11-16(12-21(31-2)23(20)32-3)15-28-9-6-17(7-10-28)24-26-19(13-22(29)27-24)18-5-4-8-25-14-18/h4-5,8,11-14,17H,6-7,9-10,15H2,1-3H3,(H,26,27,29). The molecule has 1 N–H and O–H groups in total. The zero-order valence-corrected chi connectivity index (χ0v) is 18.6. The van der Waals surface area contributed by atoms with Crippen molar-refractivity contribution in [3.05, 3.63) is 64.5 Å². The minimum Gasteiger partial charge on any atom is -0.493 e. The number of piperidine rings is 1. The molecule has 1 saturated heterocycles. The highest BCUT2D eigenvalue weighted by Crippen LogP contribution is 2.38. The Kier molecular flexibility index (Phi) is 6.70. The normalized spacial score (nSPS) is 14.8. The summed E-state index contributed by atoms with van der Waals surface area (Å²) >= 11 is 0. The van der Waals surface area contributed by atoms with Gasteiger partial charge in [-0.2, -0.15) is 0 Å². The van der Waals surface area contributed by atoms with Crippen molar-refractivity contribution in [2.24, 2.45) is 0 Å². The Morgan fingerprint density at radius 3 is 2.38 bits per heavy atom. The highest BCUT2D eigenvalue weighted by molar-refractivity contribution is 5.57. The van der Waals surface area contributed by atoms with Gasteiger partial charge in [0, 0.05) is 36.5 Å². The molecule has 0 radical (unpaired) electrons. The SMILES string of the molecule is COc1cc(CN2CCC(c3nc(-c4cccnc4)cc(=O)[nH]3)CC2)cc(OC)c1OC. The number of rotatable bonds is 7. The summed E-state index contributed by atoms with van der Waals surface area (Å²) in [7, 11) is 4.85. The lowest BCUT2D eigenvalue weighted by Gasteiger charge is -2.31. The van der Waals surface area contributed by atoms with Gasteiger partial charge in [-0.15, -0.1) is 0 Å². The third-order valence-electron chi connectivity index (χ3n) is 5.82. The lowest BCUT2D eigenvalue weighted by atomic mass is 9.95. The van der Waals surface area contributed by atoms with Crippen molar-refractivity contribution in [3.63, 3.8) is 0 Å². The molecule has 3 heterocycles. The van der Waals surface area contributed by atoms with E-state index in [-0.39, 0.29) is 11.5 Å². The molecule has 0 atom stereocenters. The lowest BCUT2D eigenvalue weighted by Crippen LogP contribution is -2.33. The van der Waals surface area contributed by atoms with Gasteiger partial charge in [0.15, 0.2) is 11.5 Å². The predicted octanol–water partition coefficient (Wildman–Crippen LogP) is 3.24. The van der Waals surface area contributed by atoms with Crippen LogP contribution >= 0.6 is 0 Å². The lowest BCUT2D eigenvalue weighted by molar-refractivity contribution is 0.201. The van der Waals surface area contributed by atoms with Crippen LogP contribution in [0.5, 0.6) is 17.2 Å². The third kappa shape index (κ3) is 4.75. The van der Waals surface area contributed by atoms with Crippen molar-refractivity contribution >= 4 is 0 Å². The minimum atomic E-state index is -0.131. The van der Waals surface area contributed by atoms with Gasteiger partial charge in [-0.3, -0.25) is 14.7 Å². The predicted molar refractivity (Wildman–Crippen MR) is 121 cm³/mol. The van der Waals surface area contributed by atoms with Crippen LogP contribution in [0.1, 0.15) is 30.1 Å². The average Bonchev–Trinajstić information content (AvgIpc) is 2.84. The van der Waals surface area contributed by atoms with Crippen LogP contribution in [-0.2, 0) is 6.54 Å². The van der Waals surface area contributed by atoms with Gasteiger partial charge in [-0.1, -0.05) is 0 Å². The molecule has 168 valence electrons. The highest BCUT2D eigenvalue weighted by Gasteiger charge is 2.24. The number of ether oxygens (including phenoxy) is 3. The van der Waals surface area contributed by atoms with Crippen LogP contribution in [0, 0.1) is 0 Å². The maximum absolute atomic E-state index is 12.2. The van der Waals surface area contributed by atoms with Crippen LogP contribution in [0.2, 0.25) is 0 Å². The second-order valence-corrected chi connectivity index (χ2v) is 7.84. The quantitative estimate of drug-likeness (QED) is 0.608. The number of aromatic amines is 1. The van der Waals surface area contributed by atoms with E-state index in [1.807, 2.05) is 24.3 Å². The molecule has 0 unspecified atom stereocenters. The molecule has 32 heavy (non-hydrogen) atoms. The number of hydrogen-bond acceptors (Lipinski definition) is 7. The molecule has 8 nitrogen and oxygen atoms in total. The topological polar surface area (TPSA) is 89.6 Å². The molecule has 3 aromatic rings. The molecule has 1 fully saturated rings. The van der Waals surface area contributed by atoms with Gasteiger partial charge >= 0.3 is 0 Å². The number of pyridine rings is 1. The number of benzene rings is 1. The molecule has 0 bridgehead atoms. The summed E-state index contributed by atoms with van der Waals surface area (Å²) in [5.74, 6) is 2.89.